The van der Waals surface area contributed by atoms with E-state index in [4.69, 9.17) is 11.6 Å². The number of benzene rings is 1. The average molecular weight is 332 g/mol. The van der Waals surface area contributed by atoms with E-state index in [1.807, 2.05) is 31.2 Å². The molecule has 0 aliphatic carbocycles. The fourth-order valence-electron chi connectivity index (χ4n) is 2.44. The number of piperazine rings is 1. The molecule has 0 unspecified atom stereocenters. The maximum Gasteiger partial charge on any atom is 0.229 e. The maximum absolute atomic E-state index is 10.8. The highest BCUT2D eigenvalue weighted by Crippen LogP contribution is 2.22. The normalized spacial score (nSPS) is 14.7. The van der Waals surface area contributed by atoms with Crippen LogP contribution in [0.1, 0.15) is 5.56 Å². The first-order valence-corrected chi connectivity index (χ1v) is 7.84. The standard InChI is InChI=1S/C16H18ClN5O/c1-12-2-3-13(10-14(12)17)19-16-18-5-4-15(20-16)22-8-6-21(11-23)7-9-22/h2-5,10-11H,6-9H2,1H3,(H,18,19,20). The zero-order valence-corrected chi connectivity index (χ0v) is 13.6. The fourth-order valence-corrected chi connectivity index (χ4v) is 2.62. The summed E-state index contributed by atoms with van der Waals surface area (Å²) < 4.78 is 0. The van der Waals surface area contributed by atoms with Gasteiger partial charge in [-0.2, -0.15) is 4.98 Å². The monoisotopic (exact) mass is 331 g/mol. The third-order valence-corrected chi connectivity index (χ3v) is 4.26. The van der Waals surface area contributed by atoms with Gasteiger partial charge in [0.1, 0.15) is 5.82 Å². The minimum Gasteiger partial charge on any atom is -0.353 e. The number of carbonyl (C=O) groups is 1. The second kappa shape index (κ2) is 6.83. The number of nitrogens with zero attached hydrogens (tertiary/aromatic N) is 4. The molecule has 1 N–H and O–H groups in total. The van der Waals surface area contributed by atoms with Crippen LogP contribution >= 0.6 is 11.6 Å². The molecule has 0 saturated carbocycles. The third kappa shape index (κ3) is 3.71. The molecule has 1 aromatic carbocycles. The number of hydrogen-bond donors (Lipinski definition) is 1. The van der Waals surface area contributed by atoms with E-state index in [1.165, 1.54) is 0 Å². The van der Waals surface area contributed by atoms with E-state index in [0.29, 0.717) is 24.1 Å². The minimum absolute atomic E-state index is 0.528. The Morgan fingerprint density at radius 2 is 2.00 bits per heavy atom. The smallest absolute Gasteiger partial charge is 0.229 e. The average Bonchev–Trinajstić information content (AvgIpc) is 2.58. The van der Waals surface area contributed by atoms with Crippen molar-refractivity contribution < 1.29 is 4.79 Å². The minimum atomic E-state index is 0.528. The van der Waals surface area contributed by atoms with Crippen LogP contribution in [0.5, 0.6) is 0 Å². The molecule has 6 nitrogen and oxygen atoms in total. The van der Waals surface area contributed by atoms with E-state index in [2.05, 4.69) is 20.2 Å². The summed E-state index contributed by atoms with van der Waals surface area (Å²) in [6.45, 7) is 4.92. The number of aromatic nitrogens is 2. The van der Waals surface area contributed by atoms with Gasteiger partial charge < -0.3 is 15.1 Å². The zero-order chi connectivity index (χ0) is 16.2. The Labute approximate surface area is 140 Å². The van der Waals surface area contributed by atoms with Crippen molar-refractivity contribution in [2.24, 2.45) is 0 Å². The van der Waals surface area contributed by atoms with Crippen molar-refractivity contribution >= 4 is 35.5 Å². The van der Waals surface area contributed by atoms with Crippen LogP contribution < -0.4 is 10.2 Å². The van der Waals surface area contributed by atoms with Crippen LogP contribution in [-0.2, 0) is 4.79 Å². The predicted molar refractivity (Wildman–Crippen MR) is 91.4 cm³/mol. The summed E-state index contributed by atoms with van der Waals surface area (Å²) in [5.74, 6) is 1.38. The number of carbonyl (C=O) groups excluding carboxylic acids is 1. The molecular formula is C16H18ClN5O. The molecule has 7 heteroatoms. The molecule has 1 aromatic heterocycles. The second-order valence-corrected chi connectivity index (χ2v) is 5.86. The Morgan fingerprint density at radius 3 is 2.70 bits per heavy atom. The van der Waals surface area contributed by atoms with Gasteiger partial charge in [-0.3, -0.25) is 4.79 Å². The molecule has 1 amide bonds. The predicted octanol–water partition coefficient (Wildman–Crippen LogP) is 2.46. The number of amides is 1. The first-order valence-electron chi connectivity index (χ1n) is 7.46. The van der Waals surface area contributed by atoms with E-state index in [9.17, 15) is 4.79 Å². The summed E-state index contributed by atoms with van der Waals surface area (Å²) in [4.78, 5) is 23.5. The highest BCUT2D eigenvalue weighted by atomic mass is 35.5. The van der Waals surface area contributed by atoms with Gasteiger partial charge in [0.15, 0.2) is 0 Å². The Balaban J connectivity index is 1.72. The highest BCUT2D eigenvalue weighted by Gasteiger charge is 2.17. The van der Waals surface area contributed by atoms with Gasteiger partial charge in [0.05, 0.1) is 0 Å². The van der Waals surface area contributed by atoms with Crippen molar-refractivity contribution in [1.82, 2.24) is 14.9 Å². The van der Waals surface area contributed by atoms with E-state index in [1.54, 1.807) is 11.1 Å². The van der Waals surface area contributed by atoms with Crippen LogP contribution in [0.2, 0.25) is 5.02 Å². The van der Waals surface area contributed by atoms with E-state index < -0.39 is 0 Å². The lowest BCUT2D eigenvalue weighted by molar-refractivity contribution is -0.118. The molecule has 2 heterocycles. The van der Waals surface area contributed by atoms with Crippen molar-refractivity contribution in [3.63, 3.8) is 0 Å². The van der Waals surface area contributed by atoms with E-state index in [0.717, 1.165) is 36.6 Å². The molecule has 1 saturated heterocycles. The summed E-state index contributed by atoms with van der Waals surface area (Å²) in [5.41, 5.74) is 1.88. The molecular weight excluding hydrogens is 314 g/mol. The van der Waals surface area contributed by atoms with Crippen LogP contribution in [0.4, 0.5) is 17.5 Å². The number of nitrogens with one attached hydrogen (secondary N) is 1. The molecule has 0 bridgehead atoms. The van der Waals surface area contributed by atoms with Crippen LogP contribution in [0, 0.1) is 6.92 Å². The first kappa shape index (κ1) is 15.6. The first-order chi connectivity index (χ1) is 11.2. The quantitative estimate of drug-likeness (QED) is 0.872. The number of anilines is 3. The van der Waals surface area contributed by atoms with E-state index in [-0.39, 0.29) is 0 Å². The Kier molecular flexibility index (Phi) is 4.62. The number of halogens is 1. The molecule has 1 aliphatic rings. The fraction of sp³-hybridized carbons (Fsp3) is 0.312. The van der Waals surface area contributed by atoms with Crippen molar-refractivity contribution in [3.8, 4) is 0 Å². The summed E-state index contributed by atoms with van der Waals surface area (Å²) in [7, 11) is 0. The molecule has 2 aromatic rings. The van der Waals surface area contributed by atoms with Crippen LogP contribution in [0.3, 0.4) is 0 Å². The Bertz CT molecular complexity index is 701. The largest absolute Gasteiger partial charge is 0.353 e. The molecule has 120 valence electrons. The van der Waals surface area contributed by atoms with Gasteiger partial charge >= 0.3 is 0 Å². The molecule has 23 heavy (non-hydrogen) atoms. The summed E-state index contributed by atoms with van der Waals surface area (Å²) in [6, 6.07) is 7.63. The van der Waals surface area contributed by atoms with Crippen LogP contribution in [0.15, 0.2) is 30.5 Å². The van der Waals surface area contributed by atoms with E-state index >= 15 is 0 Å². The van der Waals surface area contributed by atoms with Crippen molar-refractivity contribution in [2.75, 3.05) is 36.4 Å². The number of rotatable bonds is 4. The SMILES string of the molecule is Cc1ccc(Nc2nccc(N3CCN(C=O)CC3)n2)cc1Cl. The Morgan fingerprint density at radius 1 is 1.22 bits per heavy atom. The van der Waals surface area contributed by atoms with Gasteiger partial charge in [-0.05, 0) is 30.7 Å². The summed E-state index contributed by atoms with van der Waals surface area (Å²) >= 11 is 6.14. The van der Waals surface area contributed by atoms with Crippen LogP contribution in [-0.4, -0.2) is 47.5 Å². The van der Waals surface area contributed by atoms with Gasteiger partial charge in [-0.1, -0.05) is 17.7 Å². The molecule has 0 radical (unpaired) electrons. The summed E-state index contributed by atoms with van der Waals surface area (Å²) in [6.07, 6.45) is 2.62. The van der Waals surface area contributed by atoms with Gasteiger partial charge in [-0.15, -0.1) is 0 Å². The third-order valence-electron chi connectivity index (χ3n) is 3.86. The van der Waals surface area contributed by atoms with Gasteiger partial charge in [-0.25, -0.2) is 4.98 Å². The number of hydrogen-bond acceptors (Lipinski definition) is 5. The van der Waals surface area contributed by atoms with Crippen molar-refractivity contribution in [1.29, 1.82) is 0 Å². The zero-order valence-electron chi connectivity index (χ0n) is 12.9. The van der Waals surface area contributed by atoms with Crippen molar-refractivity contribution in [3.05, 3.63) is 41.0 Å². The second-order valence-electron chi connectivity index (χ2n) is 5.46. The topological polar surface area (TPSA) is 61.4 Å². The lowest BCUT2D eigenvalue weighted by Crippen LogP contribution is -2.46. The molecule has 1 fully saturated rings. The van der Waals surface area contributed by atoms with Gasteiger partial charge in [0, 0.05) is 43.1 Å². The van der Waals surface area contributed by atoms with Crippen LogP contribution in [0.25, 0.3) is 0 Å². The number of aryl methyl sites for hydroxylation is 1. The maximum atomic E-state index is 10.8. The molecule has 1 aliphatic heterocycles. The van der Waals surface area contributed by atoms with Gasteiger partial charge in [0.25, 0.3) is 0 Å². The lowest BCUT2D eigenvalue weighted by atomic mass is 10.2. The summed E-state index contributed by atoms with van der Waals surface area (Å²) in [5, 5.41) is 3.88. The lowest BCUT2D eigenvalue weighted by Gasteiger charge is -2.33. The van der Waals surface area contributed by atoms with Gasteiger partial charge in [0.2, 0.25) is 12.4 Å². The Hall–Kier alpha value is -2.34. The molecule has 0 atom stereocenters. The van der Waals surface area contributed by atoms with Crippen molar-refractivity contribution in [2.45, 2.75) is 6.92 Å². The molecule has 3 rings (SSSR count). The highest BCUT2D eigenvalue weighted by molar-refractivity contribution is 6.31. The molecule has 0 spiro atoms.